The summed E-state index contributed by atoms with van der Waals surface area (Å²) in [6, 6.07) is 12.8. The molecule has 0 bridgehead atoms. The third kappa shape index (κ3) is 5.20. The van der Waals surface area contributed by atoms with Crippen LogP contribution in [0, 0.1) is 11.8 Å². The van der Waals surface area contributed by atoms with E-state index in [1.54, 1.807) is 31.4 Å². The van der Waals surface area contributed by atoms with E-state index in [4.69, 9.17) is 16.3 Å². The van der Waals surface area contributed by atoms with E-state index < -0.39 is 0 Å². The average Bonchev–Trinajstić information content (AvgIpc) is 3.51. The van der Waals surface area contributed by atoms with Crippen LogP contribution in [0.4, 0.5) is 5.69 Å². The smallest absolute Gasteiger partial charge is 0.253 e. The third-order valence-corrected chi connectivity index (χ3v) is 6.38. The molecule has 1 saturated carbocycles. The molecule has 0 aromatic heterocycles. The molecule has 1 saturated heterocycles. The summed E-state index contributed by atoms with van der Waals surface area (Å²) in [4.78, 5) is 29.1. The average molecular weight is 442 g/mol. The molecule has 6 nitrogen and oxygen atoms in total. The lowest BCUT2D eigenvalue weighted by Crippen LogP contribution is -2.48. The maximum absolute atomic E-state index is 12.9. The molecule has 2 aromatic carbocycles. The molecule has 2 amide bonds. The van der Waals surface area contributed by atoms with Crippen molar-refractivity contribution in [1.29, 1.82) is 0 Å². The van der Waals surface area contributed by atoms with Crippen molar-refractivity contribution < 1.29 is 14.3 Å². The van der Waals surface area contributed by atoms with Crippen LogP contribution in [0.3, 0.4) is 0 Å². The summed E-state index contributed by atoms with van der Waals surface area (Å²) in [6.07, 6.45) is 0.957. The number of hydrogen-bond donors (Lipinski definition) is 1. The van der Waals surface area contributed by atoms with E-state index >= 15 is 0 Å². The van der Waals surface area contributed by atoms with Crippen molar-refractivity contribution in [3.8, 4) is 5.75 Å². The predicted octanol–water partition coefficient (Wildman–Crippen LogP) is 3.90. The Hall–Kier alpha value is -2.57. The standard InChI is InChI=1S/C24H28ClN3O3/c1-16-13-21(16)23(29)26-20-6-3-17(4-7-20)24(30)28-11-9-27(10-12-28)15-18-14-19(25)5-8-22(18)31-2/h3-8,14,16,21H,9-13,15H2,1-2H3,(H,26,29). The highest BCUT2D eigenvalue weighted by molar-refractivity contribution is 6.30. The van der Waals surface area contributed by atoms with Crippen molar-refractivity contribution in [3.05, 3.63) is 58.6 Å². The Kier molecular flexibility index (Phi) is 6.49. The Labute approximate surface area is 188 Å². The number of nitrogens with one attached hydrogen (secondary N) is 1. The summed E-state index contributed by atoms with van der Waals surface area (Å²) in [5.74, 6) is 1.52. The van der Waals surface area contributed by atoms with Gasteiger partial charge < -0.3 is 15.0 Å². The second-order valence-electron chi connectivity index (χ2n) is 8.41. The molecule has 2 fully saturated rings. The molecule has 1 aliphatic carbocycles. The number of benzene rings is 2. The second-order valence-corrected chi connectivity index (χ2v) is 8.85. The molecule has 1 N–H and O–H groups in total. The number of piperazine rings is 1. The highest BCUT2D eigenvalue weighted by Gasteiger charge is 2.39. The van der Waals surface area contributed by atoms with Gasteiger partial charge in [0.1, 0.15) is 5.75 Å². The molecular formula is C24H28ClN3O3. The summed E-state index contributed by atoms with van der Waals surface area (Å²) < 4.78 is 5.44. The number of ether oxygens (including phenoxy) is 1. The molecule has 1 aliphatic heterocycles. The summed E-state index contributed by atoms with van der Waals surface area (Å²) in [6.45, 7) is 5.72. The quantitative estimate of drug-likeness (QED) is 0.738. The van der Waals surface area contributed by atoms with Gasteiger partial charge in [-0.05, 0) is 54.8 Å². The first-order valence-electron chi connectivity index (χ1n) is 10.7. The van der Waals surface area contributed by atoms with Crippen molar-refractivity contribution in [1.82, 2.24) is 9.80 Å². The normalized spacial score (nSPS) is 20.9. The van der Waals surface area contributed by atoms with E-state index in [0.29, 0.717) is 29.6 Å². The molecule has 31 heavy (non-hydrogen) atoms. The molecule has 0 radical (unpaired) electrons. The zero-order valence-corrected chi connectivity index (χ0v) is 18.7. The first-order valence-corrected chi connectivity index (χ1v) is 11.1. The van der Waals surface area contributed by atoms with Gasteiger partial charge in [-0.1, -0.05) is 18.5 Å². The molecule has 2 aliphatic rings. The fourth-order valence-electron chi connectivity index (χ4n) is 4.02. The van der Waals surface area contributed by atoms with Crippen LogP contribution in [0.2, 0.25) is 5.02 Å². The van der Waals surface area contributed by atoms with Gasteiger partial charge in [-0.25, -0.2) is 0 Å². The maximum atomic E-state index is 12.9. The fraction of sp³-hybridized carbons (Fsp3) is 0.417. The number of carbonyl (C=O) groups is 2. The SMILES string of the molecule is COc1ccc(Cl)cc1CN1CCN(C(=O)c2ccc(NC(=O)C3CC3C)cc2)CC1. The summed E-state index contributed by atoms with van der Waals surface area (Å²) in [5, 5.41) is 3.62. The number of nitrogens with zero attached hydrogens (tertiary/aromatic N) is 2. The maximum Gasteiger partial charge on any atom is 0.253 e. The lowest BCUT2D eigenvalue weighted by molar-refractivity contribution is -0.117. The van der Waals surface area contributed by atoms with E-state index in [0.717, 1.165) is 43.1 Å². The van der Waals surface area contributed by atoms with Crippen molar-refractivity contribution >= 4 is 29.1 Å². The molecule has 2 aromatic rings. The van der Waals surface area contributed by atoms with E-state index in [2.05, 4.69) is 17.1 Å². The third-order valence-electron chi connectivity index (χ3n) is 6.14. The highest BCUT2D eigenvalue weighted by atomic mass is 35.5. The largest absolute Gasteiger partial charge is 0.496 e. The van der Waals surface area contributed by atoms with Crippen LogP contribution in [0.15, 0.2) is 42.5 Å². The number of anilines is 1. The van der Waals surface area contributed by atoms with Crippen LogP contribution >= 0.6 is 11.6 Å². The van der Waals surface area contributed by atoms with E-state index in [-0.39, 0.29) is 17.7 Å². The highest BCUT2D eigenvalue weighted by Crippen LogP contribution is 2.38. The summed E-state index contributed by atoms with van der Waals surface area (Å²) >= 11 is 6.14. The van der Waals surface area contributed by atoms with Crippen LogP contribution in [0.25, 0.3) is 0 Å². The molecule has 0 spiro atoms. The molecule has 2 unspecified atom stereocenters. The molecule has 2 atom stereocenters. The van der Waals surface area contributed by atoms with Gasteiger partial charge in [0.15, 0.2) is 0 Å². The van der Waals surface area contributed by atoms with Crippen LogP contribution < -0.4 is 10.1 Å². The molecular weight excluding hydrogens is 414 g/mol. The Morgan fingerprint density at radius 2 is 1.77 bits per heavy atom. The molecule has 1 heterocycles. The number of hydrogen-bond acceptors (Lipinski definition) is 4. The lowest BCUT2D eigenvalue weighted by atomic mass is 10.1. The molecule has 7 heteroatoms. The van der Waals surface area contributed by atoms with Gasteiger partial charge in [-0.2, -0.15) is 0 Å². The number of carbonyl (C=O) groups excluding carboxylic acids is 2. The minimum atomic E-state index is 0.0219. The Bertz CT molecular complexity index is 955. The lowest BCUT2D eigenvalue weighted by Gasteiger charge is -2.35. The van der Waals surface area contributed by atoms with Gasteiger partial charge in [-0.3, -0.25) is 14.5 Å². The van der Waals surface area contributed by atoms with Gasteiger partial charge in [0.25, 0.3) is 5.91 Å². The molecule has 164 valence electrons. The minimum Gasteiger partial charge on any atom is -0.496 e. The van der Waals surface area contributed by atoms with Gasteiger partial charge >= 0.3 is 0 Å². The number of rotatable bonds is 6. The van der Waals surface area contributed by atoms with E-state index in [9.17, 15) is 9.59 Å². The van der Waals surface area contributed by atoms with E-state index in [1.165, 1.54) is 0 Å². The predicted molar refractivity (Wildman–Crippen MR) is 122 cm³/mol. The van der Waals surface area contributed by atoms with Crippen molar-refractivity contribution in [3.63, 3.8) is 0 Å². The Morgan fingerprint density at radius 1 is 1.10 bits per heavy atom. The zero-order valence-electron chi connectivity index (χ0n) is 17.9. The molecule has 4 rings (SSSR count). The number of methoxy groups -OCH3 is 1. The van der Waals surface area contributed by atoms with Crippen LogP contribution in [0.5, 0.6) is 5.75 Å². The monoisotopic (exact) mass is 441 g/mol. The number of halogens is 1. The Balaban J connectivity index is 1.30. The first-order chi connectivity index (χ1) is 14.9. The second kappa shape index (κ2) is 9.28. The zero-order chi connectivity index (χ0) is 22.0. The summed E-state index contributed by atoms with van der Waals surface area (Å²) in [7, 11) is 1.66. The van der Waals surface area contributed by atoms with E-state index in [1.807, 2.05) is 23.1 Å². The van der Waals surface area contributed by atoms with Crippen molar-refractivity contribution in [2.45, 2.75) is 19.9 Å². The van der Waals surface area contributed by atoms with Crippen molar-refractivity contribution in [2.75, 3.05) is 38.6 Å². The minimum absolute atomic E-state index is 0.0219. The van der Waals surface area contributed by atoms with Crippen LogP contribution in [0.1, 0.15) is 29.3 Å². The van der Waals surface area contributed by atoms with Crippen molar-refractivity contribution in [2.24, 2.45) is 11.8 Å². The Morgan fingerprint density at radius 3 is 2.39 bits per heavy atom. The topological polar surface area (TPSA) is 61.9 Å². The van der Waals surface area contributed by atoms with Gasteiger partial charge in [0.2, 0.25) is 5.91 Å². The van der Waals surface area contributed by atoms with Gasteiger partial charge in [0.05, 0.1) is 7.11 Å². The van der Waals surface area contributed by atoms with Crippen LogP contribution in [-0.2, 0) is 11.3 Å². The number of amides is 2. The van der Waals surface area contributed by atoms with Crippen LogP contribution in [-0.4, -0.2) is 54.9 Å². The first kappa shape index (κ1) is 21.7. The van der Waals surface area contributed by atoms with Gasteiger partial charge in [-0.15, -0.1) is 0 Å². The summed E-state index contributed by atoms with van der Waals surface area (Å²) in [5.41, 5.74) is 2.43. The van der Waals surface area contributed by atoms with Gasteiger partial charge in [0, 0.05) is 60.5 Å². The fourth-order valence-corrected chi connectivity index (χ4v) is 4.22.